The fourth-order valence-electron chi connectivity index (χ4n) is 3.92. The smallest absolute Gasteiger partial charge is 0.270 e. The Kier molecular flexibility index (Phi) is 7.24. The Morgan fingerprint density at radius 2 is 1.94 bits per heavy atom. The van der Waals surface area contributed by atoms with Crippen LogP contribution in [0.4, 0.5) is 11.4 Å². The molecular weight excluding hydrogens is 436 g/mol. The average molecular weight is 465 g/mol. The van der Waals surface area contributed by atoms with Crippen molar-refractivity contribution in [3.8, 4) is 16.3 Å². The van der Waals surface area contributed by atoms with Crippen molar-refractivity contribution in [3.63, 3.8) is 0 Å². The summed E-state index contributed by atoms with van der Waals surface area (Å²) in [4.78, 5) is 32.0. The lowest BCUT2D eigenvalue weighted by molar-refractivity contribution is -0.116. The highest BCUT2D eigenvalue weighted by Crippen LogP contribution is 2.31. The van der Waals surface area contributed by atoms with E-state index < -0.39 is 0 Å². The van der Waals surface area contributed by atoms with Crippen molar-refractivity contribution in [2.75, 3.05) is 30.4 Å². The van der Waals surface area contributed by atoms with Gasteiger partial charge in [0, 0.05) is 42.3 Å². The predicted molar refractivity (Wildman–Crippen MR) is 132 cm³/mol. The lowest BCUT2D eigenvalue weighted by Crippen LogP contribution is -2.35. The van der Waals surface area contributed by atoms with Crippen LogP contribution in [0.1, 0.15) is 36.7 Å². The van der Waals surface area contributed by atoms with E-state index >= 15 is 0 Å². The van der Waals surface area contributed by atoms with Gasteiger partial charge in [-0.2, -0.15) is 0 Å². The van der Waals surface area contributed by atoms with Gasteiger partial charge in [0.1, 0.15) is 16.5 Å². The number of rotatable bonds is 8. The molecule has 2 amide bonds. The van der Waals surface area contributed by atoms with Crippen LogP contribution in [0, 0.1) is 0 Å². The van der Waals surface area contributed by atoms with Crippen molar-refractivity contribution in [3.05, 3.63) is 59.6 Å². The summed E-state index contributed by atoms with van der Waals surface area (Å²) in [7, 11) is 1.61. The Balaban J connectivity index is 1.32. The van der Waals surface area contributed by atoms with E-state index in [-0.39, 0.29) is 24.3 Å². The number of nitrogens with one attached hydrogen (secondary N) is 2. The summed E-state index contributed by atoms with van der Waals surface area (Å²) in [5, 5.41) is 8.24. The molecule has 0 aliphatic carbocycles. The van der Waals surface area contributed by atoms with Crippen LogP contribution in [-0.4, -0.2) is 43.0 Å². The maximum atomic E-state index is 12.7. The molecule has 4 rings (SSSR count). The molecule has 1 atom stereocenters. The molecule has 2 heterocycles. The van der Waals surface area contributed by atoms with Gasteiger partial charge in [0.25, 0.3) is 5.91 Å². The zero-order valence-corrected chi connectivity index (χ0v) is 19.7. The van der Waals surface area contributed by atoms with Gasteiger partial charge < -0.3 is 20.3 Å². The Hall–Kier alpha value is -3.39. The van der Waals surface area contributed by atoms with Crippen LogP contribution in [0.15, 0.2) is 53.9 Å². The third-order valence-corrected chi connectivity index (χ3v) is 6.42. The van der Waals surface area contributed by atoms with Gasteiger partial charge in [-0.05, 0) is 50.1 Å². The van der Waals surface area contributed by atoms with Gasteiger partial charge in [-0.1, -0.05) is 18.2 Å². The molecule has 8 heteroatoms. The van der Waals surface area contributed by atoms with E-state index in [9.17, 15) is 9.59 Å². The number of benzene rings is 2. The van der Waals surface area contributed by atoms with E-state index in [0.29, 0.717) is 16.5 Å². The Bertz CT molecular complexity index is 1120. The summed E-state index contributed by atoms with van der Waals surface area (Å²) < 4.78 is 5.38. The lowest BCUT2D eigenvalue weighted by atomic mass is 10.2. The standard InChI is InChI=1S/C25H28N4O3S/c1-17(14-23(30)27-18-8-7-9-19(15-18)29-12-5-6-13-29)26-24(31)21-16-33-25(28-21)20-10-3-4-11-22(20)32-2/h3-4,7-11,15-17H,5-6,12-14H2,1-2H3,(H,26,31)(H,27,30). The number of para-hydroxylation sites is 1. The highest BCUT2D eigenvalue weighted by Gasteiger charge is 2.18. The fourth-order valence-corrected chi connectivity index (χ4v) is 4.75. The molecule has 33 heavy (non-hydrogen) atoms. The number of carbonyl (C=O) groups is 2. The number of aromatic nitrogens is 1. The summed E-state index contributed by atoms with van der Waals surface area (Å²) >= 11 is 1.38. The van der Waals surface area contributed by atoms with Crippen LogP contribution in [0.5, 0.6) is 5.75 Å². The molecule has 2 N–H and O–H groups in total. The van der Waals surface area contributed by atoms with Crippen molar-refractivity contribution in [1.82, 2.24) is 10.3 Å². The van der Waals surface area contributed by atoms with E-state index in [2.05, 4.69) is 26.6 Å². The second-order valence-corrected chi connectivity index (χ2v) is 8.97. The van der Waals surface area contributed by atoms with Gasteiger partial charge in [0.2, 0.25) is 5.91 Å². The number of thiazole rings is 1. The third kappa shape index (κ3) is 5.70. The highest BCUT2D eigenvalue weighted by molar-refractivity contribution is 7.13. The van der Waals surface area contributed by atoms with Gasteiger partial charge in [0.15, 0.2) is 0 Å². The molecular formula is C25H28N4O3S. The average Bonchev–Trinajstić information content (AvgIpc) is 3.51. The second kappa shape index (κ2) is 10.5. The number of amides is 2. The van der Waals surface area contributed by atoms with Crippen molar-refractivity contribution >= 4 is 34.5 Å². The van der Waals surface area contributed by atoms with Crippen LogP contribution < -0.4 is 20.3 Å². The zero-order valence-electron chi connectivity index (χ0n) is 18.8. The molecule has 0 bridgehead atoms. The monoisotopic (exact) mass is 464 g/mol. The molecule has 1 aliphatic heterocycles. The van der Waals surface area contributed by atoms with E-state index in [1.165, 1.54) is 24.2 Å². The topological polar surface area (TPSA) is 83.6 Å². The van der Waals surface area contributed by atoms with Crippen molar-refractivity contribution in [2.24, 2.45) is 0 Å². The van der Waals surface area contributed by atoms with Crippen LogP contribution in [0.25, 0.3) is 10.6 Å². The fraction of sp³-hybridized carbons (Fsp3) is 0.320. The number of ether oxygens (including phenoxy) is 1. The summed E-state index contributed by atoms with van der Waals surface area (Å²) in [5.74, 6) is 0.260. The van der Waals surface area contributed by atoms with Gasteiger partial charge >= 0.3 is 0 Å². The van der Waals surface area contributed by atoms with Crippen molar-refractivity contribution < 1.29 is 14.3 Å². The zero-order chi connectivity index (χ0) is 23.2. The van der Waals surface area contributed by atoms with Crippen LogP contribution in [-0.2, 0) is 4.79 Å². The second-order valence-electron chi connectivity index (χ2n) is 8.11. The van der Waals surface area contributed by atoms with Gasteiger partial charge in [-0.25, -0.2) is 4.98 Å². The number of hydrogen-bond donors (Lipinski definition) is 2. The number of nitrogens with zero attached hydrogens (tertiary/aromatic N) is 2. The largest absolute Gasteiger partial charge is 0.496 e. The first kappa shape index (κ1) is 22.8. The number of anilines is 2. The third-order valence-electron chi connectivity index (χ3n) is 5.54. The molecule has 1 aromatic heterocycles. The molecule has 2 aromatic carbocycles. The lowest BCUT2D eigenvalue weighted by Gasteiger charge is -2.19. The molecule has 0 spiro atoms. The normalized spacial score (nSPS) is 14.1. The van der Waals surface area contributed by atoms with E-state index in [1.807, 2.05) is 49.4 Å². The Labute approximate surface area is 197 Å². The first-order chi connectivity index (χ1) is 16.0. The van der Waals surface area contributed by atoms with Gasteiger partial charge in [0.05, 0.1) is 12.7 Å². The molecule has 1 fully saturated rings. The molecule has 172 valence electrons. The van der Waals surface area contributed by atoms with E-state index in [1.54, 1.807) is 12.5 Å². The summed E-state index contributed by atoms with van der Waals surface area (Å²) in [6, 6.07) is 15.1. The van der Waals surface area contributed by atoms with E-state index in [0.717, 1.165) is 30.0 Å². The first-order valence-electron chi connectivity index (χ1n) is 11.1. The first-order valence-corrected chi connectivity index (χ1v) is 12.0. The Morgan fingerprint density at radius 3 is 2.73 bits per heavy atom. The summed E-state index contributed by atoms with van der Waals surface area (Å²) in [6.45, 7) is 3.91. The number of carbonyl (C=O) groups excluding carboxylic acids is 2. The Morgan fingerprint density at radius 1 is 1.15 bits per heavy atom. The minimum absolute atomic E-state index is 0.144. The minimum atomic E-state index is -0.337. The summed E-state index contributed by atoms with van der Waals surface area (Å²) in [6.07, 6.45) is 2.57. The molecule has 3 aromatic rings. The molecule has 1 unspecified atom stereocenters. The van der Waals surface area contributed by atoms with Gasteiger partial charge in [-0.3, -0.25) is 9.59 Å². The van der Waals surface area contributed by atoms with Crippen LogP contribution in [0.2, 0.25) is 0 Å². The quantitative estimate of drug-likeness (QED) is 0.510. The molecule has 7 nitrogen and oxygen atoms in total. The maximum absolute atomic E-state index is 12.7. The maximum Gasteiger partial charge on any atom is 0.270 e. The van der Waals surface area contributed by atoms with Crippen molar-refractivity contribution in [2.45, 2.75) is 32.2 Å². The van der Waals surface area contributed by atoms with Crippen LogP contribution in [0.3, 0.4) is 0 Å². The predicted octanol–water partition coefficient (Wildman–Crippen LogP) is 4.57. The molecule has 1 aliphatic rings. The number of methoxy groups -OCH3 is 1. The SMILES string of the molecule is COc1ccccc1-c1nc(C(=O)NC(C)CC(=O)Nc2cccc(N3CCCC3)c2)cs1. The van der Waals surface area contributed by atoms with Gasteiger partial charge in [-0.15, -0.1) is 11.3 Å². The number of hydrogen-bond acceptors (Lipinski definition) is 6. The summed E-state index contributed by atoms with van der Waals surface area (Å²) in [5.41, 5.74) is 3.06. The van der Waals surface area contributed by atoms with Crippen LogP contribution >= 0.6 is 11.3 Å². The molecule has 0 saturated carbocycles. The van der Waals surface area contributed by atoms with E-state index in [4.69, 9.17) is 4.74 Å². The molecule has 0 radical (unpaired) electrons. The van der Waals surface area contributed by atoms with Crippen molar-refractivity contribution in [1.29, 1.82) is 0 Å². The highest BCUT2D eigenvalue weighted by atomic mass is 32.1. The molecule has 1 saturated heterocycles. The minimum Gasteiger partial charge on any atom is -0.496 e.